The van der Waals surface area contributed by atoms with Crippen LogP contribution in [-0.2, 0) is 0 Å². The number of rotatable bonds is 1. The summed E-state index contributed by atoms with van der Waals surface area (Å²) in [5.74, 6) is 0. The second-order valence-corrected chi connectivity index (χ2v) is 8.23. The molecule has 0 saturated carbocycles. The monoisotopic (exact) mass is 294 g/mol. The third-order valence-electron chi connectivity index (χ3n) is 1.13. The molecule has 0 radical (unpaired) electrons. The van der Waals surface area contributed by atoms with E-state index in [-0.39, 0.29) is 0 Å². The predicted octanol–water partition coefficient (Wildman–Crippen LogP) is 4.66. The quantitative estimate of drug-likeness (QED) is 0.345. The van der Waals surface area contributed by atoms with Crippen LogP contribution in [-0.4, -0.2) is 7.06 Å². The molecule has 0 aromatic heterocycles. The first-order chi connectivity index (χ1) is 6.68. The Hall–Kier alpha value is 0.800. The topological polar surface area (TPSA) is 0 Å². The molecular weight excluding hydrogens is 288 g/mol. The lowest BCUT2D eigenvalue weighted by molar-refractivity contribution is 1.48. The number of thioether (sulfide) groups is 1. The highest BCUT2D eigenvalue weighted by Crippen LogP contribution is 2.34. The predicted molar refractivity (Wildman–Crippen MR) is 81.7 cm³/mol. The van der Waals surface area contributed by atoms with Crippen LogP contribution < -0.4 is 0 Å². The molecular formula is C8H6S6. The van der Waals surface area contributed by atoms with Crippen LogP contribution in [0.4, 0.5) is 0 Å². The highest BCUT2D eigenvalue weighted by Gasteiger charge is 2.02. The van der Waals surface area contributed by atoms with Gasteiger partial charge in [0, 0.05) is 4.90 Å². The number of thiocarbonyl (C=S) groups is 2. The minimum Gasteiger partial charge on any atom is -0.124 e. The van der Waals surface area contributed by atoms with Gasteiger partial charge >= 0.3 is 0 Å². The van der Waals surface area contributed by atoms with Gasteiger partial charge < -0.3 is 0 Å². The van der Waals surface area contributed by atoms with Gasteiger partial charge in [0.2, 0.25) is 0 Å². The minimum absolute atomic E-state index is 0.603. The zero-order chi connectivity index (χ0) is 10.4. The fourth-order valence-corrected chi connectivity index (χ4v) is 3.99. The summed E-state index contributed by atoms with van der Waals surface area (Å²) in [5.41, 5.74) is 0. The van der Waals surface area contributed by atoms with Gasteiger partial charge in [-0.25, -0.2) is 0 Å². The van der Waals surface area contributed by atoms with Crippen molar-refractivity contribution >= 4 is 77.5 Å². The van der Waals surface area contributed by atoms with Gasteiger partial charge in [-0.3, -0.25) is 0 Å². The summed E-state index contributed by atoms with van der Waals surface area (Å²) >= 11 is 15.6. The van der Waals surface area contributed by atoms with Crippen molar-refractivity contribution in [2.45, 2.75) is 4.90 Å². The molecule has 0 heterocycles. The molecule has 0 atom stereocenters. The highest BCUT2D eigenvalue weighted by atomic mass is 33.1. The van der Waals surface area contributed by atoms with Crippen LogP contribution >= 0.6 is 70.4 Å². The molecule has 1 aromatic rings. The van der Waals surface area contributed by atoms with E-state index in [1.165, 1.54) is 21.6 Å². The van der Waals surface area contributed by atoms with E-state index < -0.39 is 0 Å². The Morgan fingerprint density at radius 1 is 1.07 bits per heavy atom. The second kappa shape index (κ2) is 7.14. The first-order valence-electron chi connectivity index (χ1n) is 3.53. The fraction of sp³-hybridized carbons (Fsp3) is 0. The molecule has 0 bridgehead atoms. The lowest BCUT2D eigenvalue weighted by atomic mass is 10.4. The molecule has 1 rings (SSSR count). The molecule has 0 saturated heterocycles. The van der Waals surface area contributed by atoms with Crippen LogP contribution in [0.25, 0.3) is 0 Å². The van der Waals surface area contributed by atoms with E-state index in [1.54, 1.807) is 11.8 Å². The van der Waals surface area contributed by atoms with Gasteiger partial charge in [-0.1, -0.05) is 54.4 Å². The number of hydrogen-bond donors (Lipinski definition) is 1. The summed E-state index contributed by atoms with van der Waals surface area (Å²) in [4.78, 5) is 1.15. The Balaban J connectivity index is 2.38. The van der Waals surface area contributed by atoms with Crippen LogP contribution in [0, 0.1) is 0 Å². The van der Waals surface area contributed by atoms with Gasteiger partial charge in [0.1, 0.15) is 7.06 Å². The second-order valence-electron chi connectivity index (χ2n) is 2.10. The lowest BCUT2D eigenvalue weighted by Crippen LogP contribution is -1.78. The number of thiol groups is 1. The number of benzene rings is 1. The first-order valence-corrected chi connectivity index (χ1v) is 7.76. The van der Waals surface area contributed by atoms with Crippen molar-refractivity contribution in [3.63, 3.8) is 0 Å². The molecule has 0 aliphatic rings. The van der Waals surface area contributed by atoms with Crippen LogP contribution in [0.3, 0.4) is 0 Å². The Morgan fingerprint density at radius 3 is 2.29 bits per heavy atom. The summed E-state index contributed by atoms with van der Waals surface area (Å²) in [7, 11) is 2.88. The SMILES string of the molecule is S=C(S)SSC(=S)Sc1ccccc1. The van der Waals surface area contributed by atoms with Crippen LogP contribution in [0.5, 0.6) is 0 Å². The maximum Gasteiger partial charge on any atom is 0.119 e. The van der Waals surface area contributed by atoms with E-state index in [4.69, 9.17) is 24.4 Å². The van der Waals surface area contributed by atoms with E-state index in [0.29, 0.717) is 3.53 Å². The molecule has 0 aliphatic carbocycles. The summed E-state index contributed by atoms with van der Waals surface area (Å²) < 4.78 is 1.45. The molecule has 6 heteroatoms. The fourth-order valence-electron chi connectivity index (χ4n) is 0.671. The molecule has 0 aliphatic heterocycles. The average Bonchev–Trinajstić information content (AvgIpc) is 2.16. The first kappa shape index (κ1) is 12.9. The molecule has 0 nitrogen and oxygen atoms in total. The van der Waals surface area contributed by atoms with Crippen molar-refractivity contribution in [3.05, 3.63) is 30.3 Å². The Morgan fingerprint density at radius 2 is 1.71 bits per heavy atom. The highest BCUT2D eigenvalue weighted by molar-refractivity contribution is 8.95. The van der Waals surface area contributed by atoms with Gasteiger partial charge in [0.15, 0.2) is 0 Å². The summed E-state index contributed by atoms with van der Waals surface area (Å²) in [6, 6.07) is 10.0. The molecule has 0 unspecified atom stereocenters. The number of hydrogen-bond acceptors (Lipinski definition) is 5. The van der Waals surface area contributed by atoms with Crippen LogP contribution in [0.1, 0.15) is 0 Å². The van der Waals surface area contributed by atoms with Crippen molar-refractivity contribution in [3.8, 4) is 0 Å². The molecule has 74 valence electrons. The largest absolute Gasteiger partial charge is 0.124 e. The molecule has 0 N–H and O–H groups in total. The maximum absolute atomic E-state index is 5.17. The van der Waals surface area contributed by atoms with Gasteiger partial charge in [0.05, 0.1) is 0 Å². The van der Waals surface area contributed by atoms with Gasteiger partial charge in [-0.05, 0) is 33.7 Å². The molecule has 0 fully saturated rings. The van der Waals surface area contributed by atoms with Gasteiger partial charge in [0.25, 0.3) is 0 Å². The van der Waals surface area contributed by atoms with Crippen molar-refractivity contribution in [2.24, 2.45) is 0 Å². The standard InChI is InChI=1S/C8H6S6/c9-7(10)13-14-8(11)12-6-4-2-1-3-5-6/h1-5H,(H,9,10). The van der Waals surface area contributed by atoms with E-state index >= 15 is 0 Å². The Labute approximate surface area is 112 Å². The zero-order valence-electron chi connectivity index (χ0n) is 6.88. The van der Waals surface area contributed by atoms with Crippen molar-refractivity contribution in [1.29, 1.82) is 0 Å². The summed E-state index contributed by atoms with van der Waals surface area (Å²) in [6.45, 7) is 0. The maximum atomic E-state index is 5.17. The lowest BCUT2D eigenvalue weighted by Gasteiger charge is -2.00. The third kappa shape index (κ3) is 5.63. The van der Waals surface area contributed by atoms with Crippen LogP contribution in [0.2, 0.25) is 0 Å². The van der Waals surface area contributed by atoms with Crippen molar-refractivity contribution in [1.82, 2.24) is 0 Å². The smallest absolute Gasteiger partial charge is 0.119 e. The third-order valence-corrected chi connectivity index (χ3v) is 6.26. The Bertz CT molecular complexity index is 320. The van der Waals surface area contributed by atoms with E-state index in [0.717, 1.165) is 8.42 Å². The van der Waals surface area contributed by atoms with E-state index in [1.807, 2.05) is 30.3 Å². The van der Waals surface area contributed by atoms with Crippen LogP contribution in [0.15, 0.2) is 35.2 Å². The molecule has 0 amide bonds. The average molecular weight is 295 g/mol. The van der Waals surface area contributed by atoms with E-state index in [9.17, 15) is 0 Å². The molecule has 14 heavy (non-hydrogen) atoms. The normalized spacial score (nSPS) is 9.79. The van der Waals surface area contributed by atoms with Crippen molar-refractivity contribution in [2.75, 3.05) is 0 Å². The van der Waals surface area contributed by atoms with E-state index in [2.05, 4.69) is 12.6 Å². The molecule has 0 spiro atoms. The zero-order valence-corrected chi connectivity index (χ0v) is 11.9. The van der Waals surface area contributed by atoms with Crippen molar-refractivity contribution < 1.29 is 0 Å². The van der Waals surface area contributed by atoms with Gasteiger partial charge in [-0.2, -0.15) is 0 Å². The summed E-state index contributed by atoms with van der Waals surface area (Å²) in [5, 5.41) is 0. The Kier molecular flexibility index (Phi) is 6.56. The van der Waals surface area contributed by atoms with Gasteiger partial charge in [-0.15, -0.1) is 12.6 Å². The minimum atomic E-state index is 0.603. The summed E-state index contributed by atoms with van der Waals surface area (Å²) in [6.07, 6.45) is 0. The molecule has 1 aromatic carbocycles.